The molecule has 17 heavy (non-hydrogen) atoms. The highest BCUT2D eigenvalue weighted by atomic mass is 16.5. The fourth-order valence-corrected chi connectivity index (χ4v) is 0.883. The van der Waals surface area contributed by atoms with Gasteiger partial charge in [-0.05, 0) is 6.92 Å². The van der Waals surface area contributed by atoms with Crippen LogP contribution in [0.3, 0.4) is 0 Å². The summed E-state index contributed by atoms with van der Waals surface area (Å²) in [6.07, 6.45) is 2.86. The normalized spacial score (nSPS) is 10.2. The zero-order valence-electron chi connectivity index (χ0n) is 9.68. The molecule has 0 aliphatic heterocycles. The number of allylic oxidation sites excluding steroid dienone is 1. The fraction of sp³-hybridized carbons (Fsp3) is 0.545. The van der Waals surface area contributed by atoms with Crippen LogP contribution in [0.4, 0.5) is 0 Å². The van der Waals surface area contributed by atoms with Gasteiger partial charge in [-0.15, -0.1) is 0 Å². The highest BCUT2D eigenvalue weighted by Gasteiger charge is 2.06. The van der Waals surface area contributed by atoms with Gasteiger partial charge in [0, 0.05) is 12.5 Å². The Bertz CT molecular complexity index is 294. The average Bonchev–Trinajstić information content (AvgIpc) is 2.26. The summed E-state index contributed by atoms with van der Waals surface area (Å²) in [4.78, 5) is 31.9. The summed E-state index contributed by atoms with van der Waals surface area (Å²) < 4.78 is 9.47. The minimum absolute atomic E-state index is 0.113. The van der Waals surface area contributed by atoms with E-state index >= 15 is 0 Å². The Labute approximate surface area is 99.2 Å². The van der Waals surface area contributed by atoms with E-state index in [-0.39, 0.29) is 26.1 Å². The minimum Gasteiger partial charge on any atom is -0.481 e. The van der Waals surface area contributed by atoms with E-state index in [0.717, 1.165) is 0 Å². The average molecular weight is 244 g/mol. The lowest BCUT2D eigenvalue weighted by Gasteiger charge is -2.04. The lowest BCUT2D eigenvalue weighted by molar-refractivity contribution is -0.148. The van der Waals surface area contributed by atoms with Gasteiger partial charge in [-0.25, -0.2) is 4.79 Å². The van der Waals surface area contributed by atoms with Crippen molar-refractivity contribution in [1.29, 1.82) is 0 Å². The first-order chi connectivity index (χ1) is 8.06. The van der Waals surface area contributed by atoms with Gasteiger partial charge in [0.05, 0.1) is 26.1 Å². The van der Waals surface area contributed by atoms with Crippen molar-refractivity contribution < 1.29 is 29.0 Å². The van der Waals surface area contributed by atoms with Crippen molar-refractivity contribution in [3.63, 3.8) is 0 Å². The van der Waals surface area contributed by atoms with Gasteiger partial charge in [0.2, 0.25) is 0 Å². The van der Waals surface area contributed by atoms with E-state index in [9.17, 15) is 14.4 Å². The summed E-state index contributed by atoms with van der Waals surface area (Å²) in [5.41, 5.74) is 0. The molecule has 0 heterocycles. The topological polar surface area (TPSA) is 89.9 Å². The Balaban J connectivity index is 3.42. The predicted octanol–water partition coefficient (Wildman–Crippen LogP) is 0.904. The van der Waals surface area contributed by atoms with Crippen molar-refractivity contribution in [1.82, 2.24) is 0 Å². The molecule has 0 atom stereocenters. The highest BCUT2D eigenvalue weighted by Crippen LogP contribution is 1.94. The second-order valence-corrected chi connectivity index (χ2v) is 3.14. The van der Waals surface area contributed by atoms with Gasteiger partial charge in [0.25, 0.3) is 0 Å². The molecule has 0 amide bonds. The molecule has 0 spiro atoms. The van der Waals surface area contributed by atoms with Crippen LogP contribution in [0.15, 0.2) is 12.2 Å². The SMILES string of the molecule is CC=CC(=O)OCCCOC(=O)CCC(=O)O. The first kappa shape index (κ1) is 15.2. The number of carboxylic acid groups (broad SMARTS) is 1. The van der Waals surface area contributed by atoms with Gasteiger partial charge in [-0.3, -0.25) is 9.59 Å². The van der Waals surface area contributed by atoms with Crippen molar-refractivity contribution in [3.05, 3.63) is 12.2 Å². The number of esters is 2. The summed E-state index contributed by atoms with van der Waals surface area (Å²) in [5.74, 6) is -2.04. The van der Waals surface area contributed by atoms with Gasteiger partial charge >= 0.3 is 17.9 Å². The van der Waals surface area contributed by atoms with Crippen molar-refractivity contribution in [2.45, 2.75) is 26.2 Å². The molecule has 0 saturated heterocycles. The number of aliphatic carboxylic acids is 1. The highest BCUT2D eigenvalue weighted by molar-refractivity contribution is 5.81. The third-order valence-corrected chi connectivity index (χ3v) is 1.64. The molecule has 0 bridgehead atoms. The quantitative estimate of drug-likeness (QED) is 0.387. The number of carbonyl (C=O) groups is 3. The number of ether oxygens (including phenoxy) is 2. The Morgan fingerprint density at radius 3 is 2.35 bits per heavy atom. The molecule has 1 N–H and O–H groups in total. The van der Waals surface area contributed by atoms with Gasteiger partial charge < -0.3 is 14.6 Å². The van der Waals surface area contributed by atoms with Gasteiger partial charge in [0.15, 0.2) is 0 Å². The maximum Gasteiger partial charge on any atom is 0.330 e. The van der Waals surface area contributed by atoms with E-state index in [1.54, 1.807) is 13.0 Å². The van der Waals surface area contributed by atoms with Crippen molar-refractivity contribution in [3.8, 4) is 0 Å². The van der Waals surface area contributed by atoms with E-state index < -0.39 is 17.9 Å². The molecular weight excluding hydrogens is 228 g/mol. The third kappa shape index (κ3) is 10.4. The Hall–Kier alpha value is -1.85. The molecular formula is C11H16O6. The zero-order valence-corrected chi connectivity index (χ0v) is 9.68. The largest absolute Gasteiger partial charge is 0.481 e. The lowest BCUT2D eigenvalue weighted by atomic mass is 10.3. The maximum atomic E-state index is 10.9. The molecule has 0 fully saturated rings. The van der Waals surface area contributed by atoms with E-state index in [1.807, 2.05) is 0 Å². The second-order valence-electron chi connectivity index (χ2n) is 3.14. The van der Waals surface area contributed by atoms with E-state index in [4.69, 9.17) is 14.6 Å². The van der Waals surface area contributed by atoms with Crippen LogP contribution in [0, 0.1) is 0 Å². The Kier molecular flexibility index (Phi) is 8.36. The van der Waals surface area contributed by atoms with Gasteiger partial charge in [-0.1, -0.05) is 6.08 Å². The molecule has 0 aromatic rings. The van der Waals surface area contributed by atoms with E-state index in [2.05, 4.69) is 0 Å². The molecule has 0 unspecified atom stereocenters. The third-order valence-electron chi connectivity index (χ3n) is 1.64. The monoisotopic (exact) mass is 244 g/mol. The number of hydrogen-bond donors (Lipinski definition) is 1. The van der Waals surface area contributed by atoms with Gasteiger partial charge in [-0.2, -0.15) is 0 Å². The summed E-state index contributed by atoms with van der Waals surface area (Å²) in [6, 6.07) is 0. The zero-order chi connectivity index (χ0) is 13.1. The molecule has 0 rings (SSSR count). The van der Waals surface area contributed by atoms with E-state index in [1.165, 1.54) is 6.08 Å². The maximum absolute atomic E-state index is 10.9. The van der Waals surface area contributed by atoms with E-state index in [0.29, 0.717) is 6.42 Å². The molecule has 0 aliphatic rings. The van der Waals surface area contributed by atoms with Crippen molar-refractivity contribution in [2.75, 3.05) is 13.2 Å². The molecule has 0 aromatic carbocycles. The Morgan fingerprint density at radius 1 is 1.12 bits per heavy atom. The molecule has 0 saturated carbocycles. The van der Waals surface area contributed by atoms with Crippen LogP contribution in [0.5, 0.6) is 0 Å². The van der Waals surface area contributed by atoms with Crippen LogP contribution in [0.2, 0.25) is 0 Å². The summed E-state index contributed by atoms with van der Waals surface area (Å²) >= 11 is 0. The first-order valence-electron chi connectivity index (χ1n) is 5.23. The van der Waals surface area contributed by atoms with Crippen molar-refractivity contribution in [2.24, 2.45) is 0 Å². The minimum atomic E-state index is -1.04. The number of hydrogen-bond acceptors (Lipinski definition) is 5. The summed E-state index contributed by atoms with van der Waals surface area (Å²) in [5, 5.41) is 8.31. The van der Waals surface area contributed by atoms with Crippen LogP contribution in [0.25, 0.3) is 0 Å². The molecule has 0 aromatic heterocycles. The molecule has 0 aliphatic carbocycles. The Morgan fingerprint density at radius 2 is 1.76 bits per heavy atom. The summed E-state index contributed by atoms with van der Waals surface area (Å²) in [7, 11) is 0. The molecule has 6 heteroatoms. The lowest BCUT2D eigenvalue weighted by Crippen LogP contribution is -2.10. The fourth-order valence-electron chi connectivity index (χ4n) is 0.883. The van der Waals surface area contributed by atoms with Crippen LogP contribution >= 0.6 is 0 Å². The standard InChI is InChI=1S/C11H16O6/c1-2-4-10(14)16-7-3-8-17-11(15)6-5-9(12)13/h2,4H,3,5-8H2,1H3,(H,12,13). The van der Waals surface area contributed by atoms with Crippen LogP contribution in [-0.2, 0) is 23.9 Å². The molecule has 0 radical (unpaired) electrons. The number of carbonyl (C=O) groups excluding carboxylic acids is 2. The molecule has 6 nitrogen and oxygen atoms in total. The number of rotatable bonds is 8. The predicted molar refractivity (Wildman–Crippen MR) is 58.2 cm³/mol. The van der Waals surface area contributed by atoms with Crippen molar-refractivity contribution >= 4 is 17.9 Å². The molecule has 96 valence electrons. The second kappa shape index (κ2) is 9.38. The number of carboxylic acids is 1. The smallest absolute Gasteiger partial charge is 0.330 e. The van der Waals surface area contributed by atoms with Crippen LogP contribution in [0.1, 0.15) is 26.2 Å². The summed E-state index contributed by atoms with van der Waals surface area (Å²) in [6.45, 7) is 1.97. The first-order valence-corrected chi connectivity index (χ1v) is 5.23. The van der Waals surface area contributed by atoms with Crippen LogP contribution in [-0.4, -0.2) is 36.2 Å². The van der Waals surface area contributed by atoms with Gasteiger partial charge in [0.1, 0.15) is 0 Å². The van der Waals surface area contributed by atoms with Crippen LogP contribution < -0.4 is 0 Å².